The van der Waals surface area contributed by atoms with Gasteiger partial charge in [-0.15, -0.1) is 0 Å². The summed E-state index contributed by atoms with van der Waals surface area (Å²) in [7, 11) is 4.18. The Kier molecular flexibility index (Phi) is 5.90. The van der Waals surface area contributed by atoms with E-state index < -0.39 is 0 Å². The molecule has 3 aromatic rings. The molecule has 8 nitrogen and oxygen atoms in total. The van der Waals surface area contributed by atoms with Gasteiger partial charge in [0.05, 0.1) is 42.2 Å². The van der Waals surface area contributed by atoms with Crippen LogP contribution in [0.25, 0.3) is 11.0 Å². The number of hydrogen-bond acceptors (Lipinski definition) is 6. The lowest BCUT2D eigenvalue weighted by Gasteiger charge is -2.34. The summed E-state index contributed by atoms with van der Waals surface area (Å²) in [5.41, 5.74) is 7.21. The van der Waals surface area contributed by atoms with Gasteiger partial charge >= 0.3 is 0 Å². The molecule has 0 unspecified atom stereocenters. The van der Waals surface area contributed by atoms with Gasteiger partial charge in [0.1, 0.15) is 0 Å². The number of aromatic nitrogens is 5. The summed E-state index contributed by atoms with van der Waals surface area (Å²) in [6.45, 7) is 10.1. The van der Waals surface area contributed by atoms with E-state index >= 15 is 0 Å². The van der Waals surface area contributed by atoms with E-state index in [1.807, 2.05) is 17.9 Å². The van der Waals surface area contributed by atoms with E-state index in [1.54, 1.807) is 0 Å². The van der Waals surface area contributed by atoms with E-state index in [9.17, 15) is 0 Å². The van der Waals surface area contributed by atoms with Crippen LogP contribution in [0.2, 0.25) is 0 Å². The fraction of sp³-hybridized carbons (Fsp3) is 0.625. The second-order valence-corrected chi connectivity index (χ2v) is 9.43. The van der Waals surface area contributed by atoms with Gasteiger partial charge in [0.2, 0.25) is 0 Å². The van der Waals surface area contributed by atoms with Crippen LogP contribution < -0.4 is 4.90 Å². The SMILES string of the molecule is Cc1cc(N2CCc3c(c(C)nn3CCCCCN(C)C3COC3)C2)c2cnn(C)c2n1. The highest BCUT2D eigenvalue weighted by atomic mass is 16.5. The highest BCUT2D eigenvalue weighted by Gasteiger charge is 2.25. The topological polar surface area (TPSA) is 64.2 Å². The van der Waals surface area contributed by atoms with E-state index in [4.69, 9.17) is 9.84 Å². The minimum atomic E-state index is 0.635. The van der Waals surface area contributed by atoms with Crippen molar-refractivity contribution in [2.24, 2.45) is 7.05 Å². The van der Waals surface area contributed by atoms with Crippen molar-refractivity contribution in [3.05, 3.63) is 34.9 Å². The van der Waals surface area contributed by atoms with Crippen LogP contribution in [0.15, 0.2) is 12.3 Å². The zero-order valence-corrected chi connectivity index (χ0v) is 19.8. The van der Waals surface area contributed by atoms with Crippen molar-refractivity contribution in [2.45, 2.75) is 58.7 Å². The van der Waals surface area contributed by atoms with Crippen molar-refractivity contribution >= 4 is 16.7 Å². The number of anilines is 1. The van der Waals surface area contributed by atoms with Crippen LogP contribution in [0.4, 0.5) is 5.69 Å². The highest BCUT2D eigenvalue weighted by molar-refractivity contribution is 5.89. The lowest BCUT2D eigenvalue weighted by molar-refractivity contribution is -0.0562. The molecular formula is C24H35N7O. The van der Waals surface area contributed by atoms with E-state index in [-0.39, 0.29) is 0 Å². The van der Waals surface area contributed by atoms with Gasteiger partial charge in [0.25, 0.3) is 0 Å². The Labute approximate surface area is 190 Å². The summed E-state index contributed by atoms with van der Waals surface area (Å²) in [6, 6.07) is 2.83. The Balaban J connectivity index is 1.23. The van der Waals surface area contributed by atoms with Gasteiger partial charge in [0, 0.05) is 50.1 Å². The predicted octanol–water partition coefficient (Wildman–Crippen LogP) is 2.85. The van der Waals surface area contributed by atoms with Crippen molar-refractivity contribution in [1.82, 2.24) is 29.4 Å². The van der Waals surface area contributed by atoms with Crippen LogP contribution in [0.3, 0.4) is 0 Å². The maximum absolute atomic E-state index is 5.30. The average Bonchev–Trinajstić information content (AvgIpc) is 3.25. The molecule has 5 heterocycles. The van der Waals surface area contributed by atoms with E-state index in [1.165, 1.54) is 41.9 Å². The molecular weight excluding hydrogens is 402 g/mol. The van der Waals surface area contributed by atoms with Gasteiger partial charge in [-0.05, 0) is 46.3 Å². The van der Waals surface area contributed by atoms with Gasteiger partial charge in [0.15, 0.2) is 5.65 Å². The lowest BCUT2D eigenvalue weighted by Crippen LogP contribution is -2.47. The maximum atomic E-state index is 5.30. The average molecular weight is 438 g/mol. The number of aryl methyl sites for hydroxylation is 4. The first kappa shape index (κ1) is 21.4. The number of hydrogen-bond donors (Lipinski definition) is 0. The standard InChI is InChI=1S/C24H35N7O/c1-17-12-23(20-13-25-29(4)24(20)26-17)30-11-8-22-21(14-30)18(2)27-31(22)10-7-5-6-9-28(3)19-15-32-16-19/h12-13,19H,5-11,14-16H2,1-4H3. The smallest absolute Gasteiger partial charge is 0.159 e. The Morgan fingerprint density at radius 3 is 2.81 bits per heavy atom. The normalized spacial score (nSPS) is 16.7. The molecule has 0 N–H and O–H groups in total. The molecule has 172 valence electrons. The first-order valence-electron chi connectivity index (χ1n) is 11.9. The summed E-state index contributed by atoms with van der Waals surface area (Å²) < 4.78 is 9.44. The third-order valence-electron chi connectivity index (χ3n) is 7.11. The van der Waals surface area contributed by atoms with Crippen molar-refractivity contribution in [2.75, 3.05) is 38.3 Å². The number of unbranched alkanes of at least 4 members (excludes halogenated alkanes) is 2. The molecule has 1 fully saturated rings. The van der Waals surface area contributed by atoms with Gasteiger partial charge in [-0.3, -0.25) is 14.3 Å². The first-order chi connectivity index (χ1) is 15.5. The molecule has 32 heavy (non-hydrogen) atoms. The second kappa shape index (κ2) is 8.83. The number of rotatable bonds is 8. The van der Waals surface area contributed by atoms with Crippen molar-refractivity contribution < 1.29 is 4.74 Å². The Hall–Kier alpha value is -2.45. The Bertz CT molecular complexity index is 1100. The monoisotopic (exact) mass is 437 g/mol. The number of ether oxygens (including phenoxy) is 1. The molecule has 2 aliphatic rings. The molecule has 2 aliphatic heterocycles. The molecule has 0 amide bonds. The lowest BCUT2D eigenvalue weighted by atomic mass is 10.0. The molecule has 0 saturated carbocycles. The predicted molar refractivity (Wildman–Crippen MR) is 126 cm³/mol. The zero-order chi connectivity index (χ0) is 22.2. The fourth-order valence-electron chi connectivity index (χ4n) is 4.99. The molecule has 0 radical (unpaired) electrons. The second-order valence-electron chi connectivity index (χ2n) is 9.43. The molecule has 0 atom stereocenters. The number of fused-ring (bicyclic) bond motifs is 2. The van der Waals surface area contributed by atoms with Crippen LogP contribution in [-0.2, 0) is 31.3 Å². The van der Waals surface area contributed by atoms with E-state index in [0.717, 1.165) is 62.5 Å². The third kappa shape index (κ3) is 4.01. The Morgan fingerprint density at radius 2 is 2.03 bits per heavy atom. The minimum absolute atomic E-state index is 0.635. The van der Waals surface area contributed by atoms with Crippen LogP contribution in [0, 0.1) is 13.8 Å². The molecule has 3 aromatic heterocycles. The van der Waals surface area contributed by atoms with Gasteiger partial charge < -0.3 is 9.64 Å². The first-order valence-corrected chi connectivity index (χ1v) is 11.9. The Morgan fingerprint density at radius 1 is 1.19 bits per heavy atom. The molecule has 0 spiro atoms. The molecule has 0 aliphatic carbocycles. The highest BCUT2D eigenvalue weighted by Crippen LogP contribution is 2.32. The van der Waals surface area contributed by atoms with Crippen LogP contribution in [-0.4, -0.2) is 68.8 Å². The quantitative estimate of drug-likeness (QED) is 0.505. The largest absolute Gasteiger partial charge is 0.378 e. The third-order valence-corrected chi connectivity index (χ3v) is 7.11. The minimum Gasteiger partial charge on any atom is -0.378 e. The van der Waals surface area contributed by atoms with Crippen LogP contribution in [0.1, 0.15) is 41.9 Å². The van der Waals surface area contributed by atoms with Crippen LogP contribution in [0.5, 0.6) is 0 Å². The van der Waals surface area contributed by atoms with Crippen LogP contribution >= 0.6 is 0 Å². The van der Waals surface area contributed by atoms with Crippen molar-refractivity contribution in [3.63, 3.8) is 0 Å². The van der Waals surface area contributed by atoms with E-state index in [2.05, 4.69) is 51.5 Å². The summed E-state index contributed by atoms with van der Waals surface area (Å²) >= 11 is 0. The fourth-order valence-corrected chi connectivity index (χ4v) is 4.99. The summed E-state index contributed by atoms with van der Waals surface area (Å²) in [5.74, 6) is 0. The van der Waals surface area contributed by atoms with Gasteiger partial charge in [-0.2, -0.15) is 10.2 Å². The molecule has 0 aromatic carbocycles. The summed E-state index contributed by atoms with van der Waals surface area (Å²) in [6.07, 6.45) is 6.65. The number of pyridine rings is 1. The van der Waals surface area contributed by atoms with Crippen molar-refractivity contribution in [3.8, 4) is 0 Å². The van der Waals surface area contributed by atoms with Gasteiger partial charge in [-0.25, -0.2) is 4.98 Å². The maximum Gasteiger partial charge on any atom is 0.159 e. The van der Waals surface area contributed by atoms with E-state index in [0.29, 0.717) is 6.04 Å². The molecule has 1 saturated heterocycles. The number of likely N-dealkylation sites (N-methyl/N-ethyl adjacent to an activating group) is 1. The number of nitrogens with zero attached hydrogens (tertiary/aromatic N) is 7. The summed E-state index contributed by atoms with van der Waals surface area (Å²) in [4.78, 5) is 9.60. The molecule has 0 bridgehead atoms. The zero-order valence-electron chi connectivity index (χ0n) is 19.8. The molecule has 5 rings (SSSR count). The van der Waals surface area contributed by atoms with Crippen molar-refractivity contribution in [1.29, 1.82) is 0 Å². The molecule has 8 heteroatoms. The van der Waals surface area contributed by atoms with Gasteiger partial charge in [-0.1, -0.05) is 6.42 Å². The summed E-state index contributed by atoms with van der Waals surface area (Å²) in [5, 5.41) is 10.5.